The van der Waals surface area contributed by atoms with Gasteiger partial charge in [-0.1, -0.05) is 30.3 Å². The second-order valence-electron chi connectivity index (χ2n) is 4.27. The van der Waals surface area contributed by atoms with Crippen molar-refractivity contribution in [2.24, 2.45) is 0 Å². The Hall–Kier alpha value is -2.44. The molecule has 0 atom stereocenters. The van der Waals surface area contributed by atoms with Crippen molar-refractivity contribution in [1.29, 1.82) is 0 Å². The molecule has 0 radical (unpaired) electrons. The van der Waals surface area contributed by atoms with Crippen LogP contribution < -0.4 is 0 Å². The van der Waals surface area contributed by atoms with Crippen molar-refractivity contribution in [1.82, 2.24) is 19.3 Å². The zero-order valence-corrected chi connectivity index (χ0v) is 10.7. The summed E-state index contributed by atoms with van der Waals surface area (Å²) >= 11 is 0. The number of imidazole rings is 2. The molecule has 2 N–H and O–H groups in total. The first-order chi connectivity index (χ1) is 9.85. The molecule has 102 valence electrons. The number of aliphatic hydroxyl groups excluding tert-OH is 2. The Balaban J connectivity index is 2.26. The van der Waals surface area contributed by atoms with E-state index >= 15 is 0 Å². The average molecular weight is 270 g/mol. The second kappa shape index (κ2) is 5.28. The fraction of sp³-hybridized carbons (Fsp3) is 0.143. The fourth-order valence-corrected chi connectivity index (χ4v) is 2.17. The quantitative estimate of drug-likeness (QED) is 0.742. The highest BCUT2D eigenvalue weighted by atomic mass is 16.3. The Bertz CT molecular complexity index is 690. The van der Waals surface area contributed by atoms with Gasteiger partial charge in [-0.05, 0) is 0 Å². The van der Waals surface area contributed by atoms with Crippen molar-refractivity contribution < 1.29 is 10.2 Å². The van der Waals surface area contributed by atoms with Crippen molar-refractivity contribution in [3.8, 4) is 11.4 Å². The molecule has 2 heterocycles. The standard InChI is InChI=1S/C14H14N4O2/c19-8-12-13(9-20)18(17-7-6-15-10-17)14(16-12)11-4-2-1-3-5-11/h1-7,10,19-20H,8-9H2. The minimum absolute atomic E-state index is 0.214. The molecule has 6 heteroatoms. The Labute approximate surface area is 115 Å². The van der Waals surface area contributed by atoms with E-state index in [9.17, 15) is 10.2 Å². The lowest BCUT2D eigenvalue weighted by Crippen LogP contribution is -2.13. The lowest BCUT2D eigenvalue weighted by molar-refractivity contribution is 0.249. The Morgan fingerprint density at radius 3 is 2.45 bits per heavy atom. The molecule has 0 amide bonds. The topological polar surface area (TPSA) is 76.1 Å². The normalized spacial score (nSPS) is 10.9. The third-order valence-electron chi connectivity index (χ3n) is 3.08. The summed E-state index contributed by atoms with van der Waals surface area (Å²) in [5.41, 5.74) is 1.90. The third kappa shape index (κ3) is 2.01. The Morgan fingerprint density at radius 2 is 1.85 bits per heavy atom. The number of hydrogen-bond donors (Lipinski definition) is 2. The van der Waals surface area contributed by atoms with E-state index in [0.29, 0.717) is 17.2 Å². The minimum Gasteiger partial charge on any atom is -0.390 e. The summed E-state index contributed by atoms with van der Waals surface area (Å²) in [6.07, 6.45) is 5.03. The molecule has 0 aliphatic heterocycles. The lowest BCUT2D eigenvalue weighted by Gasteiger charge is -2.11. The highest BCUT2D eigenvalue weighted by Crippen LogP contribution is 2.23. The van der Waals surface area contributed by atoms with Gasteiger partial charge in [-0.3, -0.25) is 0 Å². The van der Waals surface area contributed by atoms with Gasteiger partial charge in [0.1, 0.15) is 6.33 Å². The van der Waals surface area contributed by atoms with Gasteiger partial charge < -0.3 is 10.2 Å². The Morgan fingerprint density at radius 1 is 1.05 bits per heavy atom. The van der Waals surface area contributed by atoms with E-state index in [2.05, 4.69) is 9.97 Å². The van der Waals surface area contributed by atoms with E-state index in [0.717, 1.165) is 5.56 Å². The highest BCUT2D eigenvalue weighted by Gasteiger charge is 2.18. The molecule has 0 aliphatic rings. The largest absolute Gasteiger partial charge is 0.390 e. The van der Waals surface area contributed by atoms with Crippen molar-refractivity contribution in [2.45, 2.75) is 13.2 Å². The molecule has 0 fully saturated rings. The van der Waals surface area contributed by atoms with E-state index < -0.39 is 0 Å². The van der Waals surface area contributed by atoms with Crippen LogP contribution in [0.15, 0.2) is 49.1 Å². The van der Waals surface area contributed by atoms with Crippen molar-refractivity contribution in [2.75, 3.05) is 0 Å². The second-order valence-corrected chi connectivity index (χ2v) is 4.27. The van der Waals surface area contributed by atoms with Gasteiger partial charge in [0, 0.05) is 18.0 Å². The van der Waals surface area contributed by atoms with Crippen LogP contribution in [0.4, 0.5) is 0 Å². The molecule has 6 nitrogen and oxygen atoms in total. The monoisotopic (exact) mass is 270 g/mol. The van der Waals surface area contributed by atoms with Gasteiger partial charge in [-0.25, -0.2) is 19.3 Å². The number of hydrogen-bond acceptors (Lipinski definition) is 4. The first-order valence-corrected chi connectivity index (χ1v) is 6.21. The smallest absolute Gasteiger partial charge is 0.159 e. The zero-order valence-electron chi connectivity index (χ0n) is 10.7. The molecule has 0 saturated carbocycles. The molecule has 2 aromatic heterocycles. The summed E-state index contributed by atoms with van der Waals surface area (Å²) in [5.74, 6) is 0.650. The number of nitrogens with zero attached hydrogens (tertiary/aromatic N) is 4. The molecule has 3 rings (SSSR count). The van der Waals surface area contributed by atoms with Crippen LogP contribution in [0.5, 0.6) is 0 Å². The fourth-order valence-electron chi connectivity index (χ4n) is 2.17. The van der Waals surface area contributed by atoms with Crippen LogP contribution in [0.25, 0.3) is 11.4 Å². The van der Waals surface area contributed by atoms with Crippen LogP contribution in [0.3, 0.4) is 0 Å². The lowest BCUT2D eigenvalue weighted by atomic mass is 10.2. The highest BCUT2D eigenvalue weighted by molar-refractivity contribution is 5.56. The first kappa shape index (κ1) is 12.6. The summed E-state index contributed by atoms with van der Waals surface area (Å²) < 4.78 is 3.47. The maximum atomic E-state index is 9.58. The number of rotatable bonds is 4. The van der Waals surface area contributed by atoms with Crippen molar-refractivity contribution >= 4 is 0 Å². The van der Waals surface area contributed by atoms with E-state index in [1.54, 1.807) is 28.1 Å². The maximum Gasteiger partial charge on any atom is 0.159 e. The zero-order chi connectivity index (χ0) is 13.9. The van der Waals surface area contributed by atoms with Gasteiger partial charge in [0.15, 0.2) is 5.82 Å². The molecule has 0 aliphatic carbocycles. The Kier molecular flexibility index (Phi) is 3.32. The SMILES string of the molecule is OCc1nc(-c2ccccc2)n(-n2ccnc2)c1CO. The summed E-state index contributed by atoms with van der Waals surface area (Å²) in [5, 5.41) is 19.0. The van der Waals surface area contributed by atoms with Gasteiger partial charge in [-0.2, -0.15) is 0 Å². The first-order valence-electron chi connectivity index (χ1n) is 6.21. The van der Waals surface area contributed by atoms with Crippen LogP contribution in [0.1, 0.15) is 11.4 Å². The van der Waals surface area contributed by atoms with Gasteiger partial charge in [0.2, 0.25) is 0 Å². The van der Waals surface area contributed by atoms with E-state index in [1.165, 1.54) is 0 Å². The van der Waals surface area contributed by atoms with Crippen LogP contribution in [0, 0.1) is 0 Å². The molecule has 20 heavy (non-hydrogen) atoms. The predicted molar refractivity (Wildman–Crippen MR) is 72.5 cm³/mol. The van der Waals surface area contributed by atoms with Gasteiger partial charge in [0.05, 0.1) is 24.6 Å². The molecule has 0 unspecified atom stereocenters. The van der Waals surface area contributed by atoms with Gasteiger partial charge >= 0.3 is 0 Å². The molecule has 0 bridgehead atoms. The number of aliphatic hydroxyl groups is 2. The third-order valence-corrected chi connectivity index (χ3v) is 3.08. The van der Waals surface area contributed by atoms with Crippen LogP contribution >= 0.6 is 0 Å². The van der Waals surface area contributed by atoms with Crippen LogP contribution in [0.2, 0.25) is 0 Å². The van der Waals surface area contributed by atoms with Crippen LogP contribution in [-0.4, -0.2) is 29.5 Å². The molecule has 0 spiro atoms. The van der Waals surface area contributed by atoms with Gasteiger partial charge in [-0.15, -0.1) is 0 Å². The minimum atomic E-state index is -0.225. The molecular formula is C14H14N4O2. The summed E-state index contributed by atoms with van der Waals surface area (Å²) in [7, 11) is 0. The average Bonchev–Trinajstić information content (AvgIpc) is 3.14. The molecule has 0 saturated heterocycles. The summed E-state index contributed by atoms with van der Waals surface area (Å²) in [4.78, 5) is 8.44. The van der Waals surface area contributed by atoms with E-state index in [1.807, 2.05) is 30.3 Å². The van der Waals surface area contributed by atoms with E-state index in [4.69, 9.17) is 0 Å². The van der Waals surface area contributed by atoms with Gasteiger partial charge in [0.25, 0.3) is 0 Å². The number of benzene rings is 1. The molecular weight excluding hydrogens is 256 g/mol. The molecule has 3 aromatic rings. The summed E-state index contributed by atoms with van der Waals surface area (Å²) in [6.45, 7) is -0.439. The predicted octanol–water partition coefficient (Wildman–Crippen LogP) is 1.04. The summed E-state index contributed by atoms with van der Waals surface area (Å²) in [6, 6.07) is 9.61. The van der Waals surface area contributed by atoms with E-state index in [-0.39, 0.29) is 13.2 Å². The maximum absolute atomic E-state index is 9.58. The van der Waals surface area contributed by atoms with Crippen LogP contribution in [-0.2, 0) is 13.2 Å². The van der Waals surface area contributed by atoms with Crippen molar-refractivity contribution in [3.05, 3.63) is 60.4 Å². The molecule has 1 aromatic carbocycles. The number of aromatic nitrogens is 4. The van der Waals surface area contributed by atoms with Crippen molar-refractivity contribution in [3.63, 3.8) is 0 Å².